The molecule has 1 N–H and O–H groups in total. The van der Waals surface area contributed by atoms with Crippen molar-refractivity contribution in [3.05, 3.63) is 22.4 Å². The topological polar surface area (TPSA) is 58.6 Å². The van der Waals surface area contributed by atoms with E-state index in [9.17, 15) is 22.8 Å². The zero-order chi connectivity index (χ0) is 16.2. The number of hydrogen-bond acceptors (Lipinski definition) is 4. The fourth-order valence-electron chi connectivity index (χ4n) is 2.03. The first-order valence-corrected chi connectivity index (χ1v) is 7.49. The number of nitrogens with one attached hydrogen (secondary N) is 1. The molecule has 0 spiro atoms. The van der Waals surface area contributed by atoms with E-state index in [-0.39, 0.29) is 6.10 Å². The molecule has 0 saturated carbocycles. The lowest BCUT2D eigenvalue weighted by Gasteiger charge is -2.32. The second kappa shape index (κ2) is 7.10. The van der Waals surface area contributed by atoms with Crippen molar-refractivity contribution < 1.29 is 27.5 Å². The lowest BCUT2D eigenvalue weighted by atomic mass is 10.2. The number of halogens is 3. The molecule has 1 saturated heterocycles. The van der Waals surface area contributed by atoms with Gasteiger partial charge in [0.1, 0.15) is 19.1 Å². The third-order valence-corrected chi connectivity index (χ3v) is 4.04. The fourth-order valence-corrected chi connectivity index (χ4v) is 2.80. The number of alkyl halides is 3. The smallest absolute Gasteiger partial charge is 0.369 e. The molecule has 2 heterocycles. The third kappa shape index (κ3) is 4.99. The molecule has 2 amide bonds. The number of carbonyl (C=O) groups is 2. The Morgan fingerprint density at radius 1 is 1.45 bits per heavy atom. The van der Waals surface area contributed by atoms with Gasteiger partial charge in [-0.05, 0) is 11.4 Å². The van der Waals surface area contributed by atoms with Gasteiger partial charge in [-0.1, -0.05) is 6.07 Å². The largest absolute Gasteiger partial charge is 0.405 e. The Bertz CT molecular complexity index is 519. The van der Waals surface area contributed by atoms with Crippen LogP contribution in [0.25, 0.3) is 0 Å². The summed E-state index contributed by atoms with van der Waals surface area (Å²) < 4.78 is 41.5. The standard InChI is InChI=1S/C13H15F3N2O3S/c14-13(15,16)8-17-11(19)6-12(20)18-3-4-21-9(7-18)10-2-1-5-22-10/h1-2,5,9H,3-4,6-8H2,(H,17,19). The summed E-state index contributed by atoms with van der Waals surface area (Å²) in [4.78, 5) is 25.8. The Morgan fingerprint density at radius 2 is 2.23 bits per heavy atom. The number of hydrogen-bond donors (Lipinski definition) is 1. The van der Waals surface area contributed by atoms with E-state index in [1.807, 2.05) is 17.5 Å². The van der Waals surface area contributed by atoms with E-state index in [0.29, 0.717) is 19.7 Å². The zero-order valence-electron chi connectivity index (χ0n) is 11.6. The first-order chi connectivity index (χ1) is 10.3. The van der Waals surface area contributed by atoms with Crippen molar-refractivity contribution >= 4 is 23.2 Å². The fraction of sp³-hybridized carbons (Fsp3) is 0.538. The van der Waals surface area contributed by atoms with Crippen LogP contribution in [0.2, 0.25) is 0 Å². The molecule has 5 nitrogen and oxygen atoms in total. The van der Waals surface area contributed by atoms with Crippen molar-refractivity contribution in [2.75, 3.05) is 26.2 Å². The molecule has 122 valence electrons. The lowest BCUT2D eigenvalue weighted by molar-refractivity contribution is -0.146. The van der Waals surface area contributed by atoms with Gasteiger partial charge in [-0.3, -0.25) is 9.59 Å². The number of amides is 2. The summed E-state index contributed by atoms with van der Waals surface area (Å²) in [6, 6.07) is 3.76. The first kappa shape index (κ1) is 16.8. The molecular formula is C13H15F3N2O3S. The maximum absolute atomic E-state index is 12.0. The van der Waals surface area contributed by atoms with Crippen molar-refractivity contribution in [1.82, 2.24) is 10.2 Å². The van der Waals surface area contributed by atoms with Crippen molar-refractivity contribution in [3.63, 3.8) is 0 Å². The number of ether oxygens (including phenoxy) is 1. The van der Waals surface area contributed by atoms with E-state index >= 15 is 0 Å². The average molecular weight is 336 g/mol. The molecule has 1 unspecified atom stereocenters. The molecular weight excluding hydrogens is 321 g/mol. The highest BCUT2D eigenvalue weighted by molar-refractivity contribution is 7.10. The minimum Gasteiger partial charge on any atom is -0.369 e. The monoisotopic (exact) mass is 336 g/mol. The Kier molecular flexibility index (Phi) is 5.41. The first-order valence-electron chi connectivity index (χ1n) is 6.61. The van der Waals surface area contributed by atoms with Gasteiger partial charge in [-0.15, -0.1) is 11.3 Å². The van der Waals surface area contributed by atoms with Gasteiger partial charge < -0.3 is 15.0 Å². The highest BCUT2D eigenvalue weighted by Crippen LogP contribution is 2.26. The Morgan fingerprint density at radius 3 is 2.86 bits per heavy atom. The number of carbonyl (C=O) groups excluding carboxylic acids is 2. The predicted molar refractivity (Wildman–Crippen MR) is 73.3 cm³/mol. The Labute approximate surface area is 129 Å². The zero-order valence-corrected chi connectivity index (χ0v) is 12.4. The average Bonchev–Trinajstić information content (AvgIpc) is 2.99. The van der Waals surface area contributed by atoms with Gasteiger partial charge in [-0.25, -0.2) is 0 Å². The van der Waals surface area contributed by atoms with Crippen molar-refractivity contribution in [1.29, 1.82) is 0 Å². The molecule has 1 aromatic heterocycles. The summed E-state index contributed by atoms with van der Waals surface area (Å²) in [5, 5.41) is 3.58. The van der Waals surface area contributed by atoms with Crippen molar-refractivity contribution in [2.24, 2.45) is 0 Å². The Balaban J connectivity index is 1.83. The molecule has 1 atom stereocenters. The van der Waals surface area contributed by atoms with Crippen LogP contribution in [0.4, 0.5) is 13.2 Å². The van der Waals surface area contributed by atoms with Crippen molar-refractivity contribution in [3.8, 4) is 0 Å². The van der Waals surface area contributed by atoms with Crippen molar-refractivity contribution in [2.45, 2.75) is 18.7 Å². The lowest BCUT2D eigenvalue weighted by Crippen LogP contribution is -2.44. The van der Waals surface area contributed by atoms with Crippen LogP contribution >= 0.6 is 11.3 Å². The van der Waals surface area contributed by atoms with Gasteiger partial charge >= 0.3 is 6.18 Å². The SMILES string of the molecule is O=C(CC(=O)N1CCOC(c2cccs2)C1)NCC(F)(F)F. The van der Waals surface area contributed by atoms with E-state index in [1.54, 1.807) is 5.32 Å². The van der Waals surface area contributed by atoms with Crippen LogP contribution in [0.15, 0.2) is 17.5 Å². The third-order valence-electron chi connectivity index (χ3n) is 3.08. The molecule has 22 heavy (non-hydrogen) atoms. The normalized spacial score (nSPS) is 19.0. The van der Waals surface area contributed by atoms with Gasteiger partial charge in [0.15, 0.2) is 0 Å². The van der Waals surface area contributed by atoms with Gasteiger partial charge in [0.25, 0.3) is 0 Å². The van der Waals surface area contributed by atoms with Gasteiger partial charge in [0.05, 0.1) is 13.2 Å². The van der Waals surface area contributed by atoms with Gasteiger partial charge in [0, 0.05) is 11.4 Å². The van der Waals surface area contributed by atoms with Crippen LogP contribution in [-0.2, 0) is 14.3 Å². The molecule has 0 aliphatic carbocycles. The molecule has 9 heteroatoms. The number of rotatable bonds is 4. The molecule has 1 aliphatic heterocycles. The van der Waals surface area contributed by atoms with Gasteiger partial charge in [0.2, 0.25) is 11.8 Å². The highest BCUT2D eigenvalue weighted by Gasteiger charge is 2.30. The summed E-state index contributed by atoms with van der Waals surface area (Å²) in [6.07, 6.45) is -5.33. The number of thiophene rings is 1. The number of nitrogens with zero attached hydrogens (tertiary/aromatic N) is 1. The molecule has 0 radical (unpaired) electrons. The minimum absolute atomic E-state index is 0.254. The quantitative estimate of drug-likeness (QED) is 0.852. The van der Waals surface area contributed by atoms with E-state index in [1.165, 1.54) is 16.2 Å². The maximum atomic E-state index is 12.0. The number of morpholine rings is 1. The summed E-state index contributed by atoms with van der Waals surface area (Å²) in [6.45, 7) is -0.475. The molecule has 1 fully saturated rings. The van der Waals surface area contributed by atoms with Crippen LogP contribution in [0.5, 0.6) is 0 Å². The van der Waals surface area contributed by atoms with Crippen LogP contribution in [0, 0.1) is 0 Å². The molecule has 2 rings (SSSR count). The van der Waals surface area contributed by atoms with Crippen LogP contribution in [0.1, 0.15) is 17.4 Å². The second-order valence-corrected chi connectivity index (χ2v) is 5.76. The van der Waals surface area contributed by atoms with E-state index in [2.05, 4.69) is 0 Å². The summed E-state index contributed by atoms with van der Waals surface area (Å²) in [7, 11) is 0. The van der Waals surface area contributed by atoms with E-state index in [0.717, 1.165) is 4.88 Å². The van der Waals surface area contributed by atoms with Gasteiger partial charge in [-0.2, -0.15) is 13.2 Å². The molecule has 1 aromatic rings. The van der Waals surface area contributed by atoms with E-state index < -0.39 is 31.0 Å². The highest BCUT2D eigenvalue weighted by atomic mass is 32.1. The maximum Gasteiger partial charge on any atom is 0.405 e. The van der Waals surface area contributed by atoms with E-state index in [4.69, 9.17) is 4.74 Å². The summed E-state index contributed by atoms with van der Waals surface area (Å²) in [5.41, 5.74) is 0. The second-order valence-electron chi connectivity index (χ2n) is 4.78. The van der Waals surface area contributed by atoms with Crippen LogP contribution in [-0.4, -0.2) is 49.1 Å². The van der Waals surface area contributed by atoms with Crippen LogP contribution < -0.4 is 5.32 Å². The molecule has 0 bridgehead atoms. The molecule has 1 aliphatic rings. The molecule has 0 aromatic carbocycles. The van der Waals surface area contributed by atoms with Crippen LogP contribution in [0.3, 0.4) is 0 Å². The minimum atomic E-state index is -4.48. The Hall–Kier alpha value is -1.61. The summed E-state index contributed by atoms with van der Waals surface area (Å²) >= 11 is 1.50. The predicted octanol–water partition coefficient (Wildman–Crippen LogP) is 1.72. The summed E-state index contributed by atoms with van der Waals surface area (Å²) in [5.74, 6) is -1.42.